The molecule has 39 heavy (non-hydrogen) atoms. The summed E-state index contributed by atoms with van der Waals surface area (Å²) >= 11 is 0. The number of hydrogen-bond donors (Lipinski definition) is 4. The van der Waals surface area contributed by atoms with Crippen LogP contribution in [0.1, 0.15) is 59.3 Å². The Morgan fingerprint density at radius 3 is 2.67 bits per heavy atom. The molecule has 0 spiro atoms. The molecule has 0 saturated carbocycles. The molecule has 2 aliphatic heterocycles. The smallest absolute Gasteiger partial charge is 0.328 e. The van der Waals surface area contributed by atoms with Gasteiger partial charge in [-0.25, -0.2) is 19.7 Å². The highest BCUT2D eigenvalue weighted by atomic mass is 16.4. The van der Waals surface area contributed by atoms with E-state index in [0.29, 0.717) is 23.7 Å². The normalized spacial score (nSPS) is 16.1. The molecule has 1 amide bonds. The summed E-state index contributed by atoms with van der Waals surface area (Å²) in [5, 5.41) is 18.9. The predicted molar refractivity (Wildman–Crippen MR) is 150 cm³/mol. The topological polar surface area (TPSA) is 132 Å². The summed E-state index contributed by atoms with van der Waals surface area (Å²) in [7, 11) is 0. The Kier molecular flexibility index (Phi) is 8.19. The van der Waals surface area contributed by atoms with E-state index >= 15 is 0 Å². The zero-order chi connectivity index (χ0) is 27.2. The Morgan fingerprint density at radius 2 is 1.92 bits per heavy atom. The van der Waals surface area contributed by atoms with Crippen LogP contribution in [0.5, 0.6) is 0 Å². The van der Waals surface area contributed by atoms with Crippen molar-refractivity contribution in [1.29, 1.82) is 0 Å². The fourth-order valence-electron chi connectivity index (χ4n) is 5.34. The molecule has 2 aromatic heterocycles. The molecule has 2 aliphatic rings. The van der Waals surface area contributed by atoms with Crippen LogP contribution in [0.4, 0.5) is 17.5 Å². The zero-order valence-corrected chi connectivity index (χ0v) is 22.2. The summed E-state index contributed by atoms with van der Waals surface area (Å²) in [5.74, 6) is 1.36. The van der Waals surface area contributed by atoms with E-state index in [1.165, 1.54) is 11.9 Å². The van der Waals surface area contributed by atoms with Gasteiger partial charge in [-0.2, -0.15) is 0 Å². The van der Waals surface area contributed by atoms with Gasteiger partial charge in [0.1, 0.15) is 29.8 Å². The van der Waals surface area contributed by atoms with E-state index in [-0.39, 0.29) is 6.54 Å². The van der Waals surface area contributed by atoms with Crippen LogP contribution in [0.2, 0.25) is 0 Å². The Labute approximate surface area is 228 Å². The average Bonchev–Trinajstić information content (AvgIpc) is 2.99. The highest BCUT2D eigenvalue weighted by Gasteiger charge is 2.26. The van der Waals surface area contributed by atoms with E-state index in [0.717, 1.165) is 68.2 Å². The first-order valence-electron chi connectivity index (χ1n) is 13.7. The molecule has 0 aliphatic carbocycles. The molecule has 1 saturated heterocycles. The molecule has 5 rings (SSSR count). The highest BCUT2D eigenvalue weighted by Crippen LogP contribution is 2.33. The van der Waals surface area contributed by atoms with Crippen LogP contribution in [-0.2, 0) is 17.6 Å². The van der Waals surface area contributed by atoms with Gasteiger partial charge >= 0.3 is 5.97 Å². The van der Waals surface area contributed by atoms with Crippen LogP contribution >= 0.6 is 0 Å². The van der Waals surface area contributed by atoms with E-state index in [9.17, 15) is 14.7 Å². The number of aromatic nitrogens is 3. The minimum atomic E-state index is -1.12. The fourth-order valence-corrected chi connectivity index (χ4v) is 5.34. The maximum absolute atomic E-state index is 12.5. The Morgan fingerprint density at radius 1 is 1.13 bits per heavy atom. The molecular formula is C29H35N7O3. The number of rotatable bonds is 9. The van der Waals surface area contributed by atoms with Crippen molar-refractivity contribution in [3.8, 4) is 0 Å². The number of nitrogens with one attached hydrogen (secondary N) is 3. The maximum Gasteiger partial charge on any atom is 0.328 e. The minimum Gasteiger partial charge on any atom is -0.480 e. The number of fused-ring (bicyclic) bond motifs is 1. The number of nitrogens with zero attached hydrogens (tertiary/aromatic N) is 4. The lowest BCUT2D eigenvalue weighted by atomic mass is 9.92. The first kappa shape index (κ1) is 26.4. The van der Waals surface area contributed by atoms with E-state index in [2.05, 4.69) is 43.0 Å². The number of amides is 1. The number of hydrogen-bond acceptors (Lipinski definition) is 8. The summed E-state index contributed by atoms with van der Waals surface area (Å²) in [6, 6.07) is 11.9. The number of carbonyl (C=O) groups is 2. The van der Waals surface area contributed by atoms with Gasteiger partial charge in [0.15, 0.2) is 0 Å². The van der Waals surface area contributed by atoms with Crippen molar-refractivity contribution in [1.82, 2.24) is 20.3 Å². The van der Waals surface area contributed by atoms with Crippen molar-refractivity contribution in [2.75, 3.05) is 41.7 Å². The van der Waals surface area contributed by atoms with Gasteiger partial charge in [-0.05, 0) is 55.9 Å². The highest BCUT2D eigenvalue weighted by molar-refractivity contribution is 5.96. The third-order valence-corrected chi connectivity index (χ3v) is 7.52. The van der Waals surface area contributed by atoms with Crippen molar-refractivity contribution >= 4 is 29.3 Å². The third-order valence-electron chi connectivity index (χ3n) is 7.52. The molecule has 3 aromatic rings. The van der Waals surface area contributed by atoms with Crippen LogP contribution < -0.4 is 20.9 Å². The van der Waals surface area contributed by atoms with Crippen LogP contribution in [-0.4, -0.2) is 64.2 Å². The van der Waals surface area contributed by atoms with Crippen molar-refractivity contribution in [2.45, 2.75) is 51.0 Å². The average molecular weight is 530 g/mol. The van der Waals surface area contributed by atoms with E-state index in [1.54, 1.807) is 30.3 Å². The number of pyridine rings is 1. The largest absolute Gasteiger partial charge is 0.480 e. The Bertz CT molecular complexity index is 1310. The lowest BCUT2D eigenvalue weighted by molar-refractivity contribution is -0.138. The monoisotopic (exact) mass is 529 g/mol. The van der Waals surface area contributed by atoms with Crippen LogP contribution in [0, 0.1) is 0 Å². The number of carboxylic acid groups (broad SMARTS) is 1. The molecular weight excluding hydrogens is 494 g/mol. The lowest BCUT2D eigenvalue weighted by Crippen LogP contribution is -2.45. The standard InChI is InChI=1S/C29H35N7O3/c1-2-22-26(31-17-24(29(38)39)35-28(37)21-7-4-3-5-8-21)32-18-33-27(22)36-15-12-19(13-16-36)23-11-10-20-9-6-14-30-25(20)34-23/h3-5,7-8,10-11,18-19,24H,2,6,9,12-17H2,1H3,(H,30,34)(H,35,37)(H,38,39)(H,31,32,33). The van der Waals surface area contributed by atoms with Gasteiger partial charge in [0.05, 0.1) is 0 Å². The number of piperidine rings is 1. The number of anilines is 3. The number of aliphatic carboxylic acids is 1. The SMILES string of the molecule is CCc1c(NCC(NC(=O)c2ccccc2)C(=O)O)ncnc1N1CCC(c2ccc3c(n2)NCCC3)CC1. The van der Waals surface area contributed by atoms with Crippen LogP contribution in [0.15, 0.2) is 48.8 Å². The molecule has 1 aromatic carbocycles. The van der Waals surface area contributed by atoms with Crippen molar-refractivity contribution in [3.05, 3.63) is 71.2 Å². The summed E-state index contributed by atoms with van der Waals surface area (Å²) in [6.45, 7) is 4.72. The third kappa shape index (κ3) is 6.10. The second-order valence-corrected chi connectivity index (χ2v) is 10.0. The fraction of sp³-hybridized carbons (Fsp3) is 0.414. The second-order valence-electron chi connectivity index (χ2n) is 10.0. The lowest BCUT2D eigenvalue weighted by Gasteiger charge is -2.34. The van der Waals surface area contributed by atoms with Gasteiger partial charge in [0, 0.05) is 48.9 Å². The predicted octanol–water partition coefficient (Wildman–Crippen LogP) is 3.47. The van der Waals surface area contributed by atoms with Crippen molar-refractivity contribution < 1.29 is 14.7 Å². The van der Waals surface area contributed by atoms with Crippen LogP contribution in [0.3, 0.4) is 0 Å². The van der Waals surface area contributed by atoms with Crippen molar-refractivity contribution in [3.63, 3.8) is 0 Å². The number of carbonyl (C=O) groups excluding carboxylic acids is 1. The Hall–Kier alpha value is -4.21. The van der Waals surface area contributed by atoms with Gasteiger partial charge in [-0.1, -0.05) is 31.2 Å². The molecule has 4 heterocycles. The summed E-state index contributed by atoms with van der Waals surface area (Å²) in [4.78, 5) is 40.6. The second kappa shape index (κ2) is 12.1. The number of carboxylic acids is 1. The van der Waals surface area contributed by atoms with E-state index < -0.39 is 17.9 Å². The molecule has 1 unspecified atom stereocenters. The van der Waals surface area contributed by atoms with Crippen LogP contribution in [0.25, 0.3) is 0 Å². The summed E-state index contributed by atoms with van der Waals surface area (Å²) in [5.41, 5.74) is 3.81. The van der Waals surface area contributed by atoms with Gasteiger partial charge in [0.25, 0.3) is 5.91 Å². The molecule has 10 heteroatoms. The summed E-state index contributed by atoms with van der Waals surface area (Å²) in [6.07, 6.45) is 6.40. The molecule has 0 bridgehead atoms. The maximum atomic E-state index is 12.5. The summed E-state index contributed by atoms with van der Waals surface area (Å²) < 4.78 is 0. The molecule has 4 N–H and O–H groups in total. The molecule has 10 nitrogen and oxygen atoms in total. The zero-order valence-electron chi connectivity index (χ0n) is 22.2. The molecule has 1 fully saturated rings. The Balaban J connectivity index is 1.23. The first-order chi connectivity index (χ1) is 19.0. The van der Waals surface area contributed by atoms with Gasteiger partial charge < -0.3 is 26.0 Å². The van der Waals surface area contributed by atoms with Gasteiger partial charge in [-0.3, -0.25) is 4.79 Å². The number of benzene rings is 1. The molecule has 204 valence electrons. The minimum absolute atomic E-state index is 0.00251. The first-order valence-corrected chi connectivity index (χ1v) is 13.7. The van der Waals surface area contributed by atoms with Gasteiger partial charge in [0.2, 0.25) is 0 Å². The van der Waals surface area contributed by atoms with Gasteiger partial charge in [-0.15, -0.1) is 0 Å². The molecule has 0 radical (unpaired) electrons. The van der Waals surface area contributed by atoms with E-state index in [1.807, 2.05) is 6.92 Å². The quantitative estimate of drug-likeness (QED) is 0.329. The molecule has 1 atom stereocenters. The number of aryl methyl sites for hydroxylation is 1. The van der Waals surface area contributed by atoms with Crippen molar-refractivity contribution in [2.24, 2.45) is 0 Å². The van der Waals surface area contributed by atoms with E-state index in [4.69, 9.17) is 4.98 Å².